The molecule has 0 spiro atoms. The molecule has 1 aromatic rings. The monoisotopic (exact) mass is 290 g/mol. The van der Waals surface area contributed by atoms with Crippen LogP contribution in [0.2, 0.25) is 0 Å². The normalized spacial score (nSPS) is 21.5. The molecule has 2 unspecified atom stereocenters. The highest BCUT2D eigenvalue weighted by molar-refractivity contribution is 5.96. The van der Waals surface area contributed by atoms with E-state index in [1.54, 1.807) is 0 Å². The van der Waals surface area contributed by atoms with E-state index in [1.165, 1.54) is 0 Å². The molecular formula is C17H26N2O2. The first-order chi connectivity index (χ1) is 10.2. The average molecular weight is 290 g/mol. The van der Waals surface area contributed by atoms with Gasteiger partial charge in [0.1, 0.15) is 0 Å². The standard InChI is InChI=1S/C17H26N2O2/c1-3-16-14(9-12-21-16)17(20)19(11-6-10-18)15-8-5-4-7-13(15)2/h4-5,7-8,14,16H,3,6,9-12,18H2,1-2H3. The molecule has 21 heavy (non-hydrogen) atoms. The molecule has 0 saturated carbocycles. The molecule has 1 aromatic carbocycles. The van der Waals surface area contributed by atoms with Gasteiger partial charge < -0.3 is 15.4 Å². The first-order valence-corrected chi connectivity index (χ1v) is 7.87. The second-order valence-electron chi connectivity index (χ2n) is 5.63. The summed E-state index contributed by atoms with van der Waals surface area (Å²) in [5, 5.41) is 0. The lowest BCUT2D eigenvalue weighted by molar-refractivity contribution is -0.124. The third-order valence-corrected chi connectivity index (χ3v) is 4.19. The van der Waals surface area contributed by atoms with Crippen LogP contribution in [0.4, 0.5) is 5.69 Å². The molecule has 0 bridgehead atoms. The molecule has 4 heteroatoms. The number of carbonyl (C=O) groups excluding carboxylic acids is 1. The summed E-state index contributed by atoms with van der Waals surface area (Å²) in [6.45, 7) is 6.07. The Morgan fingerprint density at radius 2 is 2.19 bits per heavy atom. The molecule has 1 fully saturated rings. The van der Waals surface area contributed by atoms with Crippen LogP contribution in [0.15, 0.2) is 24.3 Å². The van der Waals surface area contributed by atoms with Crippen molar-refractivity contribution >= 4 is 11.6 Å². The van der Waals surface area contributed by atoms with Gasteiger partial charge >= 0.3 is 0 Å². The van der Waals surface area contributed by atoms with Crippen molar-refractivity contribution in [1.29, 1.82) is 0 Å². The smallest absolute Gasteiger partial charge is 0.232 e. The summed E-state index contributed by atoms with van der Waals surface area (Å²) in [6, 6.07) is 8.03. The van der Waals surface area contributed by atoms with E-state index in [1.807, 2.05) is 36.1 Å². The zero-order valence-electron chi connectivity index (χ0n) is 13.0. The van der Waals surface area contributed by atoms with Gasteiger partial charge in [-0.1, -0.05) is 25.1 Å². The van der Waals surface area contributed by atoms with E-state index in [-0.39, 0.29) is 17.9 Å². The van der Waals surface area contributed by atoms with Crippen LogP contribution < -0.4 is 10.6 Å². The number of nitrogens with zero attached hydrogens (tertiary/aromatic N) is 1. The molecule has 1 heterocycles. The zero-order valence-corrected chi connectivity index (χ0v) is 13.0. The fourth-order valence-electron chi connectivity index (χ4n) is 3.00. The Kier molecular flexibility index (Phi) is 5.76. The first-order valence-electron chi connectivity index (χ1n) is 7.87. The molecule has 0 radical (unpaired) electrons. The number of aryl methyl sites for hydroxylation is 1. The van der Waals surface area contributed by atoms with Crippen molar-refractivity contribution in [3.8, 4) is 0 Å². The highest BCUT2D eigenvalue weighted by Gasteiger charge is 2.36. The van der Waals surface area contributed by atoms with Crippen molar-refractivity contribution in [3.05, 3.63) is 29.8 Å². The van der Waals surface area contributed by atoms with Gasteiger partial charge in [0, 0.05) is 18.8 Å². The number of benzene rings is 1. The minimum Gasteiger partial charge on any atom is -0.377 e. The van der Waals surface area contributed by atoms with Crippen molar-refractivity contribution in [2.45, 2.75) is 39.2 Å². The lowest BCUT2D eigenvalue weighted by Crippen LogP contribution is -2.40. The molecular weight excluding hydrogens is 264 g/mol. The van der Waals surface area contributed by atoms with Gasteiger partial charge in [0.25, 0.3) is 0 Å². The largest absolute Gasteiger partial charge is 0.377 e. The van der Waals surface area contributed by atoms with Gasteiger partial charge in [-0.25, -0.2) is 0 Å². The number of anilines is 1. The second kappa shape index (κ2) is 7.57. The zero-order chi connectivity index (χ0) is 15.2. The third-order valence-electron chi connectivity index (χ3n) is 4.19. The van der Waals surface area contributed by atoms with Gasteiger partial charge in [0.2, 0.25) is 5.91 Å². The van der Waals surface area contributed by atoms with Gasteiger partial charge in [-0.05, 0) is 44.4 Å². The summed E-state index contributed by atoms with van der Waals surface area (Å²) < 4.78 is 5.68. The van der Waals surface area contributed by atoms with Crippen LogP contribution in [0.5, 0.6) is 0 Å². The summed E-state index contributed by atoms with van der Waals surface area (Å²) >= 11 is 0. The summed E-state index contributed by atoms with van der Waals surface area (Å²) in [7, 11) is 0. The Hall–Kier alpha value is -1.39. The Morgan fingerprint density at radius 3 is 2.86 bits per heavy atom. The van der Waals surface area contributed by atoms with Crippen LogP contribution in [0, 0.1) is 12.8 Å². The number of nitrogens with two attached hydrogens (primary N) is 1. The van der Waals surface area contributed by atoms with Gasteiger partial charge in [0.05, 0.1) is 12.0 Å². The Labute approximate surface area is 127 Å². The quantitative estimate of drug-likeness (QED) is 0.875. The van der Waals surface area contributed by atoms with Crippen molar-refractivity contribution in [1.82, 2.24) is 0 Å². The summed E-state index contributed by atoms with van der Waals surface area (Å²) in [5.41, 5.74) is 7.76. The number of carbonyl (C=O) groups is 1. The molecule has 1 aliphatic heterocycles. The van der Waals surface area contributed by atoms with Crippen LogP contribution in [0.25, 0.3) is 0 Å². The maximum absolute atomic E-state index is 13.0. The number of hydrogen-bond donors (Lipinski definition) is 1. The van der Waals surface area contributed by atoms with Crippen LogP contribution >= 0.6 is 0 Å². The highest BCUT2D eigenvalue weighted by Crippen LogP contribution is 2.29. The van der Waals surface area contributed by atoms with Gasteiger partial charge in [-0.3, -0.25) is 4.79 Å². The van der Waals surface area contributed by atoms with E-state index in [9.17, 15) is 4.79 Å². The number of rotatable bonds is 6. The molecule has 0 aromatic heterocycles. The second-order valence-corrected chi connectivity index (χ2v) is 5.63. The summed E-state index contributed by atoms with van der Waals surface area (Å²) in [4.78, 5) is 14.9. The minimum atomic E-state index is -0.0209. The first kappa shape index (κ1) is 16.0. The van der Waals surface area contributed by atoms with Gasteiger partial charge in [-0.15, -0.1) is 0 Å². The fourth-order valence-corrected chi connectivity index (χ4v) is 3.00. The predicted molar refractivity (Wildman–Crippen MR) is 85.3 cm³/mol. The van der Waals surface area contributed by atoms with E-state index in [2.05, 4.69) is 6.92 Å². The Bertz CT molecular complexity index is 476. The van der Waals surface area contributed by atoms with E-state index >= 15 is 0 Å². The van der Waals surface area contributed by atoms with Crippen LogP contribution in [-0.2, 0) is 9.53 Å². The lowest BCUT2D eigenvalue weighted by Gasteiger charge is -2.28. The van der Waals surface area contributed by atoms with Gasteiger partial charge in [0.15, 0.2) is 0 Å². The molecule has 1 amide bonds. The molecule has 1 aliphatic rings. The molecule has 116 valence electrons. The fraction of sp³-hybridized carbons (Fsp3) is 0.588. The molecule has 2 N–H and O–H groups in total. The minimum absolute atomic E-state index is 0.0209. The van der Waals surface area contributed by atoms with E-state index < -0.39 is 0 Å². The van der Waals surface area contributed by atoms with Crippen LogP contribution in [0.3, 0.4) is 0 Å². The molecule has 2 rings (SSSR count). The number of amides is 1. The topological polar surface area (TPSA) is 55.6 Å². The Balaban J connectivity index is 2.23. The lowest BCUT2D eigenvalue weighted by atomic mass is 9.97. The van der Waals surface area contributed by atoms with E-state index in [0.717, 1.165) is 30.5 Å². The predicted octanol–water partition coefficient (Wildman–Crippen LogP) is 2.49. The summed E-state index contributed by atoms with van der Waals surface area (Å²) in [6.07, 6.45) is 2.57. The van der Waals surface area contributed by atoms with Crippen molar-refractivity contribution in [3.63, 3.8) is 0 Å². The van der Waals surface area contributed by atoms with Crippen molar-refractivity contribution < 1.29 is 9.53 Å². The SMILES string of the molecule is CCC1OCCC1C(=O)N(CCCN)c1ccccc1C. The van der Waals surface area contributed by atoms with Crippen molar-refractivity contribution in [2.24, 2.45) is 11.7 Å². The van der Waals surface area contributed by atoms with Gasteiger partial charge in [-0.2, -0.15) is 0 Å². The number of para-hydroxylation sites is 1. The Morgan fingerprint density at radius 1 is 1.43 bits per heavy atom. The molecule has 4 nitrogen and oxygen atoms in total. The highest BCUT2D eigenvalue weighted by atomic mass is 16.5. The van der Waals surface area contributed by atoms with Crippen LogP contribution in [-0.4, -0.2) is 31.7 Å². The molecule has 2 atom stereocenters. The maximum Gasteiger partial charge on any atom is 0.232 e. The summed E-state index contributed by atoms with van der Waals surface area (Å²) in [5.74, 6) is 0.162. The van der Waals surface area contributed by atoms with E-state index in [0.29, 0.717) is 19.7 Å². The van der Waals surface area contributed by atoms with Crippen LogP contribution in [0.1, 0.15) is 31.7 Å². The third kappa shape index (κ3) is 3.63. The van der Waals surface area contributed by atoms with Crippen molar-refractivity contribution in [2.75, 3.05) is 24.6 Å². The maximum atomic E-state index is 13.0. The van der Waals surface area contributed by atoms with E-state index in [4.69, 9.17) is 10.5 Å². The molecule has 1 saturated heterocycles. The average Bonchev–Trinajstić information content (AvgIpc) is 2.97. The number of hydrogen-bond acceptors (Lipinski definition) is 3. The number of ether oxygens (including phenoxy) is 1. The molecule has 0 aliphatic carbocycles.